The predicted molar refractivity (Wildman–Crippen MR) is 73.1 cm³/mol. The number of imide groups is 1. The Morgan fingerprint density at radius 3 is 2.22 bits per heavy atom. The number of halogens is 1. The predicted octanol–water partition coefficient (Wildman–Crippen LogP) is 2.52. The Kier molecular flexibility index (Phi) is 3.58. The number of hydrogen-bond donors (Lipinski definition) is 0. The summed E-state index contributed by atoms with van der Waals surface area (Å²) in [7, 11) is 0. The van der Waals surface area contributed by atoms with Gasteiger partial charge in [-0.05, 0) is 12.1 Å². The van der Waals surface area contributed by atoms with Gasteiger partial charge in [0.15, 0.2) is 0 Å². The topological polar surface area (TPSA) is 50.3 Å². The van der Waals surface area contributed by atoms with Crippen molar-refractivity contribution in [1.29, 1.82) is 0 Å². The fourth-order valence-corrected chi connectivity index (χ4v) is 2.45. The largest absolute Gasteiger partial charge is 0.269 e. The summed E-state index contributed by atoms with van der Waals surface area (Å²) in [6.07, 6.45) is 1.66. The van der Waals surface area contributed by atoms with E-state index in [1.165, 1.54) is 16.2 Å². The highest BCUT2D eigenvalue weighted by Gasteiger charge is 2.35. The lowest BCUT2D eigenvalue weighted by molar-refractivity contribution is 0.0642. The summed E-state index contributed by atoms with van der Waals surface area (Å²) in [6.45, 7) is 0.254. The Balaban J connectivity index is 0.00000120. The van der Waals surface area contributed by atoms with E-state index in [2.05, 4.69) is 4.98 Å². The Labute approximate surface area is 118 Å². The summed E-state index contributed by atoms with van der Waals surface area (Å²) in [6, 6.07) is 6.88. The average molecular weight is 325 g/mol. The number of amides is 2. The smallest absolute Gasteiger partial charge is 0.261 e. The van der Waals surface area contributed by atoms with Crippen molar-refractivity contribution in [3.63, 3.8) is 0 Å². The molecule has 0 saturated heterocycles. The first-order valence-corrected chi connectivity index (χ1v) is 5.99. The molecule has 4 nitrogen and oxygen atoms in total. The van der Waals surface area contributed by atoms with Gasteiger partial charge in [-0.15, -0.1) is 28.3 Å². The number of carbonyl (C=O) groups is 2. The standard InChI is InChI=1S/C12H8N2O2S.BrH/c15-11-8-3-1-2-4-9(8)12(16)14(11)7-10-13-5-6-17-10;/h1-6H,7H2;1H. The van der Waals surface area contributed by atoms with Crippen molar-refractivity contribution in [2.24, 2.45) is 0 Å². The SMILES string of the molecule is Br.O=C1c2ccccc2C(=O)N1Cc1nccs1. The average Bonchev–Trinajstić information content (AvgIpc) is 2.94. The molecule has 1 aliphatic heterocycles. The van der Waals surface area contributed by atoms with Gasteiger partial charge in [0, 0.05) is 11.6 Å². The Hall–Kier alpha value is -1.53. The van der Waals surface area contributed by atoms with E-state index in [-0.39, 0.29) is 35.3 Å². The van der Waals surface area contributed by atoms with Gasteiger partial charge >= 0.3 is 0 Å². The monoisotopic (exact) mass is 324 g/mol. The second kappa shape index (κ2) is 4.99. The van der Waals surface area contributed by atoms with Crippen molar-refractivity contribution < 1.29 is 9.59 Å². The highest BCUT2D eigenvalue weighted by molar-refractivity contribution is 8.93. The van der Waals surface area contributed by atoms with Crippen molar-refractivity contribution in [3.05, 3.63) is 52.0 Å². The van der Waals surface area contributed by atoms with Gasteiger partial charge in [0.2, 0.25) is 0 Å². The van der Waals surface area contributed by atoms with Crippen LogP contribution >= 0.6 is 28.3 Å². The van der Waals surface area contributed by atoms with Crippen LogP contribution < -0.4 is 0 Å². The minimum Gasteiger partial charge on any atom is -0.269 e. The second-order valence-corrected chi connectivity index (χ2v) is 4.65. The number of nitrogens with zero attached hydrogens (tertiary/aromatic N) is 2. The minimum atomic E-state index is -0.235. The number of carbonyl (C=O) groups excluding carboxylic acids is 2. The number of benzene rings is 1. The van der Waals surface area contributed by atoms with E-state index in [0.29, 0.717) is 11.1 Å². The van der Waals surface area contributed by atoms with Crippen molar-refractivity contribution in [1.82, 2.24) is 9.88 Å². The zero-order valence-electron chi connectivity index (χ0n) is 9.20. The van der Waals surface area contributed by atoms with Crippen LogP contribution in [0.2, 0.25) is 0 Å². The molecule has 0 unspecified atom stereocenters. The first-order chi connectivity index (χ1) is 8.27. The molecule has 3 rings (SSSR count). The maximum absolute atomic E-state index is 12.0. The summed E-state index contributed by atoms with van der Waals surface area (Å²) < 4.78 is 0. The van der Waals surface area contributed by atoms with Crippen LogP contribution in [0.25, 0.3) is 0 Å². The second-order valence-electron chi connectivity index (χ2n) is 3.67. The van der Waals surface area contributed by atoms with Crippen LogP contribution in [-0.2, 0) is 6.54 Å². The maximum atomic E-state index is 12.0. The van der Waals surface area contributed by atoms with E-state index in [1.54, 1.807) is 30.5 Å². The van der Waals surface area contributed by atoms with E-state index >= 15 is 0 Å². The molecule has 18 heavy (non-hydrogen) atoms. The lowest BCUT2D eigenvalue weighted by Crippen LogP contribution is -2.28. The minimum absolute atomic E-state index is 0. The third-order valence-corrected chi connectivity index (χ3v) is 3.42. The quantitative estimate of drug-likeness (QED) is 0.797. The van der Waals surface area contributed by atoms with E-state index in [9.17, 15) is 9.59 Å². The summed E-state index contributed by atoms with van der Waals surface area (Å²) in [4.78, 5) is 29.4. The molecule has 0 atom stereocenters. The summed E-state index contributed by atoms with van der Waals surface area (Å²) in [5.74, 6) is -0.471. The number of thiazole rings is 1. The molecule has 0 radical (unpaired) electrons. The third kappa shape index (κ3) is 1.97. The number of hydrogen-bond acceptors (Lipinski definition) is 4. The van der Waals surface area contributed by atoms with Crippen LogP contribution in [0.3, 0.4) is 0 Å². The zero-order valence-corrected chi connectivity index (χ0v) is 11.7. The molecule has 0 bridgehead atoms. The van der Waals surface area contributed by atoms with Crippen LogP contribution in [-0.4, -0.2) is 21.7 Å². The van der Waals surface area contributed by atoms with Crippen molar-refractivity contribution in [2.75, 3.05) is 0 Å². The Morgan fingerprint density at radius 2 is 1.72 bits per heavy atom. The molecule has 0 N–H and O–H groups in total. The molecule has 1 aliphatic rings. The fourth-order valence-electron chi connectivity index (χ4n) is 1.85. The molecular formula is C12H9BrN2O2S. The van der Waals surface area contributed by atoms with Gasteiger partial charge in [-0.1, -0.05) is 12.1 Å². The highest BCUT2D eigenvalue weighted by atomic mass is 79.9. The van der Waals surface area contributed by atoms with Gasteiger partial charge in [0.1, 0.15) is 5.01 Å². The van der Waals surface area contributed by atoms with Crippen LogP contribution in [0.5, 0.6) is 0 Å². The Bertz CT molecular complexity index is 563. The molecule has 0 saturated carbocycles. The normalized spacial score (nSPS) is 13.4. The summed E-state index contributed by atoms with van der Waals surface area (Å²) >= 11 is 1.44. The van der Waals surface area contributed by atoms with Crippen LogP contribution in [0.1, 0.15) is 25.7 Å². The lowest BCUT2D eigenvalue weighted by atomic mass is 10.1. The van der Waals surface area contributed by atoms with E-state index < -0.39 is 0 Å². The van der Waals surface area contributed by atoms with E-state index in [1.807, 2.05) is 5.38 Å². The van der Waals surface area contributed by atoms with Crippen LogP contribution in [0.15, 0.2) is 35.8 Å². The first-order valence-electron chi connectivity index (χ1n) is 5.11. The fraction of sp³-hybridized carbons (Fsp3) is 0.0833. The zero-order chi connectivity index (χ0) is 11.8. The molecule has 6 heteroatoms. The molecule has 92 valence electrons. The molecule has 1 aromatic heterocycles. The summed E-state index contributed by atoms with van der Waals surface area (Å²) in [5, 5.41) is 2.59. The van der Waals surface area contributed by atoms with Crippen molar-refractivity contribution in [2.45, 2.75) is 6.54 Å². The first kappa shape index (κ1) is 12.9. The number of aromatic nitrogens is 1. The van der Waals surface area contributed by atoms with Gasteiger partial charge < -0.3 is 0 Å². The van der Waals surface area contributed by atoms with Gasteiger partial charge in [-0.25, -0.2) is 4.98 Å². The van der Waals surface area contributed by atoms with Gasteiger partial charge in [-0.2, -0.15) is 0 Å². The maximum Gasteiger partial charge on any atom is 0.261 e. The van der Waals surface area contributed by atoms with Gasteiger partial charge in [0.05, 0.1) is 17.7 Å². The van der Waals surface area contributed by atoms with Crippen LogP contribution in [0, 0.1) is 0 Å². The molecule has 2 amide bonds. The molecule has 2 aromatic rings. The number of rotatable bonds is 2. The lowest BCUT2D eigenvalue weighted by Gasteiger charge is -2.11. The third-order valence-electron chi connectivity index (χ3n) is 2.66. The molecule has 1 aromatic carbocycles. The van der Waals surface area contributed by atoms with Gasteiger partial charge in [-0.3, -0.25) is 14.5 Å². The summed E-state index contributed by atoms with van der Waals surface area (Å²) in [5.41, 5.74) is 0.961. The van der Waals surface area contributed by atoms with Crippen LogP contribution in [0.4, 0.5) is 0 Å². The number of fused-ring (bicyclic) bond motifs is 1. The molecule has 0 fully saturated rings. The Morgan fingerprint density at radius 1 is 1.11 bits per heavy atom. The van der Waals surface area contributed by atoms with E-state index in [0.717, 1.165) is 5.01 Å². The molecule has 0 spiro atoms. The molecular weight excluding hydrogens is 316 g/mol. The molecule has 0 aliphatic carbocycles. The molecule has 2 heterocycles. The van der Waals surface area contributed by atoms with Crippen molar-refractivity contribution >= 4 is 40.1 Å². The highest BCUT2D eigenvalue weighted by Crippen LogP contribution is 2.24. The van der Waals surface area contributed by atoms with Gasteiger partial charge in [0.25, 0.3) is 11.8 Å². The van der Waals surface area contributed by atoms with Crippen molar-refractivity contribution in [3.8, 4) is 0 Å². The van der Waals surface area contributed by atoms with E-state index in [4.69, 9.17) is 0 Å².